The monoisotopic (exact) mass is 430 g/mol. The number of aromatic nitrogens is 1. The molecule has 2 aromatic rings. The Balaban J connectivity index is 2.25. The number of primary sulfonamides is 1. The van der Waals surface area contributed by atoms with Gasteiger partial charge in [0.15, 0.2) is 15.0 Å². The number of benzene rings is 1. The Hall–Kier alpha value is -2.22. The standard InChI is InChI=1S/C14H18N6O4S3/c1-26(21,22)10-3-2-8(11(13(15)16)12(10)27(18,23)24)20-5-4-7-9(6-20)25-14(17)19-7/h2-3H,4-6H2,1H3,(H3,15,16)(H2,17,19)(H2,18,23,24). The predicted molar refractivity (Wildman–Crippen MR) is 103 cm³/mol. The number of anilines is 2. The van der Waals surface area contributed by atoms with Crippen LogP contribution in [0.4, 0.5) is 10.8 Å². The molecule has 0 bridgehead atoms. The lowest BCUT2D eigenvalue weighted by molar-refractivity contribution is 0.586. The number of nitrogens with one attached hydrogen (secondary N) is 1. The van der Waals surface area contributed by atoms with Crippen molar-refractivity contribution in [2.24, 2.45) is 10.9 Å². The lowest BCUT2D eigenvalue weighted by atomic mass is 10.1. The number of fused-ring (bicyclic) bond motifs is 1. The summed E-state index contributed by atoms with van der Waals surface area (Å²) in [4.78, 5) is 5.82. The molecule has 0 spiro atoms. The van der Waals surface area contributed by atoms with Crippen LogP contribution in [0.5, 0.6) is 0 Å². The zero-order valence-electron chi connectivity index (χ0n) is 14.3. The van der Waals surface area contributed by atoms with Crippen molar-refractivity contribution in [3.05, 3.63) is 28.3 Å². The number of hydrogen-bond donors (Lipinski definition) is 4. The molecule has 1 aromatic carbocycles. The highest BCUT2D eigenvalue weighted by molar-refractivity contribution is 7.93. The molecule has 0 unspecified atom stereocenters. The van der Waals surface area contributed by atoms with Gasteiger partial charge in [0.2, 0.25) is 10.0 Å². The van der Waals surface area contributed by atoms with Crippen LogP contribution in [0.3, 0.4) is 0 Å². The first-order valence-corrected chi connectivity index (χ1v) is 11.9. The molecule has 146 valence electrons. The molecule has 13 heteroatoms. The van der Waals surface area contributed by atoms with Crippen LogP contribution < -0.4 is 21.5 Å². The van der Waals surface area contributed by atoms with Gasteiger partial charge in [-0.05, 0) is 12.1 Å². The van der Waals surface area contributed by atoms with Crippen molar-refractivity contribution >= 4 is 47.9 Å². The van der Waals surface area contributed by atoms with Crippen LogP contribution in [0.15, 0.2) is 21.9 Å². The van der Waals surface area contributed by atoms with E-state index in [0.29, 0.717) is 30.3 Å². The van der Waals surface area contributed by atoms with Gasteiger partial charge in [0.25, 0.3) is 0 Å². The maximum absolute atomic E-state index is 12.2. The fourth-order valence-electron chi connectivity index (χ4n) is 3.07. The Morgan fingerprint density at radius 3 is 2.52 bits per heavy atom. The summed E-state index contributed by atoms with van der Waals surface area (Å²) in [5, 5.41) is 13.6. The summed E-state index contributed by atoms with van der Waals surface area (Å²) < 4.78 is 48.5. The molecule has 1 aromatic heterocycles. The normalized spacial score (nSPS) is 14.8. The number of nitrogens with zero attached hydrogens (tertiary/aromatic N) is 2. The van der Waals surface area contributed by atoms with Crippen LogP contribution in [0.25, 0.3) is 0 Å². The van der Waals surface area contributed by atoms with Gasteiger partial charge in [-0.15, -0.1) is 11.3 Å². The number of thiazole rings is 1. The maximum atomic E-state index is 12.2. The van der Waals surface area contributed by atoms with Crippen molar-refractivity contribution in [2.45, 2.75) is 22.8 Å². The molecule has 1 aliphatic heterocycles. The minimum Gasteiger partial charge on any atom is -0.384 e. The van der Waals surface area contributed by atoms with Crippen LogP contribution >= 0.6 is 11.3 Å². The fraction of sp³-hybridized carbons (Fsp3) is 0.286. The van der Waals surface area contributed by atoms with E-state index >= 15 is 0 Å². The van der Waals surface area contributed by atoms with Crippen molar-refractivity contribution in [1.29, 1.82) is 5.41 Å². The van der Waals surface area contributed by atoms with E-state index in [-0.39, 0.29) is 5.56 Å². The molecule has 10 nitrogen and oxygen atoms in total. The summed E-state index contributed by atoms with van der Waals surface area (Å²) in [6.45, 7) is 0.853. The van der Waals surface area contributed by atoms with E-state index in [2.05, 4.69) is 4.98 Å². The predicted octanol–water partition coefficient (Wildman–Crippen LogP) is -0.377. The van der Waals surface area contributed by atoms with Gasteiger partial charge in [-0.2, -0.15) is 0 Å². The van der Waals surface area contributed by atoms with E-state index in [1.54, 1.807) is 4.90 Å². The summed E-state index contributed by atoms with van der Waals surface area (Å²) in [6, 6.07) is 2.62. The average Bonchev–Trinajstić information content (AvgIpc) is 2.90. The van der Waals surface area contributed by atoms with Gasteiger partial charge in [0.1, 0.15) is 10.7 Å². The summed E-state index contributed by atoms with van der Waals surface area (Å²) in [5.41, 5.74) is 12.4. The number of sulfone groups is 1. The summed E-state index contributed by atoms with van der Waals surface area (Å²) in [7, 11) is -8.39. The highest BCUT2D eigenvalue weighted by atomic mass is 32.2. The maximum Gasteiger partial charge on any atom is 0.240 e. The quantitative estimate of drug-likeness (QED) is 0.373. The molecule has 0 aliphatic carbocycles. The molecule has 3 rings (SSSR count). The number of amidine groups is 1. The SMILES string of the molecule is CS(=O)(=O)c1ccc(N2CCc3nc(N)sc3C2)c(C(=N)N)c1S(N)(=O)=O. The van der Waals surface area contributed by atoms with Gasteiger partial charge in [-0.25, -0.2) is 27.0 Å². The van der Waals surface area contributed by atoms with Gasteiger partial charge < -0.3 is 16.4 Å². The largest absolute Gasteiger partial charge is 0.384 e. The lowest BCUT2D eigenvalue weighted by Crippen LogP contribution is -2.33. The Kier molecular flexibility index (Phi) is 4.66. The Morgan fingerprint density at radius 2 is 1.96 bits per heavy atom. The van der Waals surface area contributed by atoms with Gasteiger partial charge >= 0.3 is 0 Å². The van der Waals surface area contributed by atoms with Gasteiger partial charge in [-0.3, -0.25) is 5.41 Å². The minimum absolute atomic E-state index is 0.221. The van der Waals surface area contributed by atoms with Crippen LogP contribution in [0, 0.1) is 5.41 Å². The van der Waals surface area contributed by atoms with E-state index in [1.807, 2.05) is 0 Å². The van der Waals surface area contributed by atoms with Crippen LogP contribution in [0.1, 0.15) is 16.1 Å². The average molecular weight is 431 g/mol. The van der Waals surface area contributed by atoms with E-state index in [9.17, 15) is 16.8 Å². The molecule has 0 saturated heterocycles. The fourth-order valence-corrected chi connectivity index (χ4v) is 6.37. The van der Waals surface area contributed by atoms with E-state index in [0.717, 1.165) is 16.8 Å². The lowest BCUT2D eigenvalue weighted by Gasteiger charge is -2.30. The number of hydrogen-bond acceptors (Lipinski definition) is 9. The molecule has 2 heterocycles. The minimum atomic E-state index is -4.47. The third-order valence-electron chi connectivity index (χ3n) is 4.14. The molecular formula is C14H18N6O4S3. The second kappa shape index (κ2) is 6.44. The van der Waals surface area contributed by atoms with Crippen LogP contribution in [0.2, 0.25) is 0 Å². The molecular weight excluding hydrogens is 412 g/mol. The zero-order chi connectivity index (χ0) is 20.1. The summed E-state index contributed by atoms with van der Waals surface area (Å²) >= 11 is 1.32. The van der Waals surface area contributed by atoms with Gasteiger partial charge in [-0.1, -0.05) is 0 Å². The molecule has 0 saturated carbocycles. The first-order chi connectivity index (χ1) is 12.4. The van der Waals surface area contributed by atoms with Crippen LogP contribution in [-0.4, -0.2) is 40.5 Å². The number of nitrogen functional groups attached to an aromatic ring is 2. The van der Waals surface area contributed by atoms with E-state index < -0.39 is 35.5 Å². The summed E-state index contributed by atoms with van der Waals surface area (Å²) in [6.07, 6.45) is 1.44. The first kappa shape index (κ1) is 19.5. The second-order valence-corrected chi connectivity index (χ2v) is 10.7. The Morgan fingerprint density at radius 1 is 1.30 bits per heavy atom. The molecule has 1 aliphatic rings. The Labute approximate surface area is 160 Å². The van der Waals surface area contributed by atoms with Gasteiger partial charge in [0.05, 0.1) is 22.7 Å². The first-order valence-electron chi connectivity index (χ1n) is 7.63. The van der Waals surface area contributed by atoms with Crippen molar-refractivity contribution in [1.82, 2.24) is 4.98 Å². The van der Waals surface area contributed by atoms with Crippen molar-refractivity contribution in [2.75, 3.05) is 23.4 Å². The molecule has 0 radical (unpaired) electrons. The van der Waals surface area contributed by atoms with Crippen LogP contribution in [-0.2, 0) is 32.8 Å². The third kappa shape index (κ3) is 3.63. The zero-order valence-corrected chi connectivity index (χ0v) is 16.7. The highest BCUT2D eigenvalue weighted by Gasteiger charge is 2.31. The Bertz CT molecular complexity index is 1150. The smallest absolute Gasteiger partial charge is 0.240 e. The number of nitrogens with two attached hydrogens (primary N) is 3. The molecule has 0 amide bonds. The van der Waals surface area contributed by atoms with E-state index in [4.69, 9.17) is 22.0 Å². The number of sulfonamides is 1. The topological polar surface area (TPSA) is 186 Å². The molecule has 7 N–H and O–H groups in total. The molecule has 27 heavy (non-hydrogen) atoms. The third-order valence-corrected chi connectivity index (χ3v) is 7.31. The molecule has 0 atom stereocenters. The summed E-state index contributed by atoms with van der Waals surface area (Å²) in [5.74, 6) is -0.589. The van der Waals surface area contributed by atoms with Gasteiger partial charge in [0, 0.05) is 29.8 Å². The van der Waals surface area contributed by atoms with E-state index in [1.165, 1.54) is 23.5 Å². The highest BCUT2D eigenvalue weighted by Crippen LogP contribution is 2.35. The molecule has 0 fully saturated rings. The van der Waals surface area contributed by atoms with Crippen molar-refractivity contribution < 1.29 is 16.8 Å². The second-order valence-electron chi connectivity index (χ2n) is 6.11. The van der Waals surface area contributed by atoms with Crippen molar-refractivity contribution in [3.63, 3.8) is 0 Å². The number of rotatable bonds is 4. The van der Waals surface area contributed by atoms with Crippen molar-refractivity contribution in [3.8, 4) is 0 Å².